The average molecular weight is 351 g/mol. The normalized spacial score (nSPS) is 16.1. The number of halogens is 1. The third-order valence-electron chi connectivity index (χ3n) is 3.55. The number of pyridine rings is 2. The van der Waals surface area contributed by atoms with Crippen LogP contribution < -0.4 is 10.7 Å². The van der Waals surface area contributed by atoms with E-state index in [0.29, 0.717) is 30.7 Å². The van der Waals surface area contributed by atoms with Crippen molar-refractivity contribution in [1.29, 1.82) is 0 Å². The second kappa shape index (κ2) is 5.95. The van der Waals surface area contributed by atoms with Crippen LogP contribution in [0.25, 0.3) is 11.0 Å². The highest BCUT2D eigenvalue weighted by molar-refractivity contribution is 9.10. The molecule has 0 bridgehead atoms. The van der Waals surface area contributed by atoms with Gasteiger partial charge in [0.25, 0.3) is 0 Å². The van der Waals surface area contributed by atoms with Gasteiger partial charge in [-0.3, -0.25) is 14.5 Å². The Morgan fingerprint density at radius 3 is 3.00 bits per heavy atom. The van der Waals surface area contributed by atoms with E-state index in [1.165, 1.54) is 0 Å². The molecule has 21 heavy (non-hydrogen) atoms. The third-order valence-corrected chi connectivity index (χ3v) is 3.98. The minimum absolute atomic E-state index is 0.0348. The summed E-state index contributed by atoms with van der Waals surface area (Å²) in [6.45, 7) is 3.41. The number of carbonyl (C=O) groups is 1. The van der Waals surface area contributed by atoms with Crippen molar-refractivity contribution >= 4 is 32.9 Å². The Bertz CT molecular complexity index is 743. The number of piperazine rings is 1. The van der Waals surface area contributed by atoms with Crippen molar-refractivity contribution < 1.29 is 4.79 Å². The fourth-order valence-corrected chi connectivity index (χ4v) is 2.80. The Morgan fingerprint density at radius 2 is 2.19 bits per heavy atom. The summed E-state index contributed by atoms with van der Waals surface area (Å²) < 4.78 is 2.74. The summed E-state index contributed by atoms with van der Waals surface area (Å²) in [4.78, 5) is 29.7. The van der Waals surface area contributed by atoms with Gasteiger partial charge in [-0.05, 0) is 22.0 Å². The Labute approximate surface area is 129 Å². The molecule has 0 spiro atoms. The fourth-order valence-electron chi connectivity index (χ4n) is 2.47. The van der Waals surface area contributed by atoms with E-state index in [-0.39, 0.29) is 11.3 Å². The first kappa shape index (κ1) is 14.2. The van der Waals surface area contributed by atoms with Gasteiger partial charge in [-0.1, -0.05) is 0 Å². The summed E-state index contributed by atoms with van der Waals surface area (Å²) in [7, 11) is 0. The number of rotatable bonds is 3. The lowest BCUT2D eigenvalue weighted by Gasteiger charge is -2.26. The van der Waals surface area contributed by atoms with E-state index in [2.05, 4.69) is 31.1 Å². The quantitative estimate of drug-likeness (QED) is 0.879. The van der Waals surface area contributed by atoms with E-state index in [9.17, 15) is 9.59 Å². The second-order valence-electron chi connectivity index (χ2n) is 5.02. The number of carbonyl (C=O) groups excluding carboxylic acids is 1. The maximum Gasteiger partial charge on any atom is 0.234 e. The summed E-state index contributed by atoms with van der Waals surface area (Å²) in [5.41, 5.74) is 0.638. The third kappa shape index (κ3) is 3.14. The smallest absolute Gasteiger partial charge is 0.234 e. The van der Waals surface area contributed by atoms with Crippen molar-refractivity contribution in [3.8, 4) is 0 Å². The zero-order valence-corrected chi connectivity index (χ0v) is 13.0. The first-order valence-corrected chi connectivity index (χ1v) is 7.56. The van der Waals surface area contributed by atoms with Crippen LogP contribution in [0.1, 0.15) is 0 Å². The van der Waals surface area contributed by atoms with Crippen molar-refractivity contribution in [2.75, 3.05) is 26.2 Å². The molecule has 1 amide bonds. The Hall–Kier alpha value is -1.73. The van der Waals surface area contributed by atoms with Gasteiger partial charge in [-0.25, -0.2) is 4.98 Å². The van der Waals surface area contributed by atoms with Crippen LogP contribution in [0.4, 0.5) is 0 Å². The van der Waals surface area contributed by atoms with E-state index in [1.807, 2.05) is 4.57 Å². The molecule has 6 nitrogen and oxygen atoms in total. The lowest BCUT2D eigenvalue weighted by Crippen LogP contribution is -2.48. The number of hydrogen-bond donors (Lipinski definition) is 1. The van der Waals surface area contributed by atoms with E-state index in [4.69, 9.17) is 0 Å². The molecule has 3 rings (SSSR count). The van der Waals surface area contributed by atoms with Gasteiger partial charge in [-0.15, -0.1) is 0 Å². The topological polar surface area (TPSA) is 67.2 Å². The van der Waals surface area contributed by atoms with Crippen molar-refractivity contribution in [2.45, 2.75) is 6.54 Å². The molecule has 1 N–H and O–H groups in total. The molecule has 0 aliphatic carbocycles. The Kier molecular flexibility index (Phi) is 4.03. The number of fused-ring (bicyclic) bond motifs is 1. The minimum atomic E-state index is -0.0348. The Morgan fingerprint density at radius 1 is 1.33 bits per heavy atom. The molecule has 0 atom stereocenters. The number of nitrogens with one attached hydrogen (secondary N) is 1. The maximum absolute atomic E-state index is 11.9. The van der Waals surface area contributed by atoms with E-state index < -0.39 is 0 Å². The highest BCUT2D eigenvalue weighted by Gasteiger charge is 2.15. The number of aromatic nitrogens is 2. The van der Waals surface area contributed by atoms with Gasteiger partial charge in [0, 0.05) is 49.1 Å². The molecular weight excluding hydrogens is 336 g/mol. The molecule has 2 aromatic heterocycles. The fraction of sp³-hybridized carbons (Fsp3) is 0.357. The number of hydrogen-bond acceptors (Lipinski definition) is 4. The maximum atomic E-state index is 11.9. The summed E-state index contributed by atoms with van der Waals surface area (Å²) in [6.07, 6.45) is 3.45. The summed E-state index contributed by atoms with van der Waals surface area (Å²) >= 11 is 3.34. The molecule has 110 valence electrons. The molecule has 0 radical (unpaired) electrons. The second-order valence-corrected chi connectivity index (χ2v) is 5.94. The van der Waals surface area contributed by atoms with Crippen molar-refractivity contribution in [2.24, 2.45) is 0 Å². The predicted molar refractivity (Wildman–Crippen MR) is 83.2 cm³/mol. The molecule has 0 aromatic carbocycles. The van der Waals surface area contributed by atoms with Crippen molar-refractivity contribution in [3.05, 3.63) is 39.2 Å². The van der Waals surface area contributed by atoms with E-state index in [1.54, 1.807) is 24.5 Å². The van der Waals surface area contributed by atoms with Gasteiger partial charge in [0.1, 0.15) is 5.65 Å². The minimum Gasteiger partial charge on any atom is -0.354 e. The highest BCUT2D eigenvalue weighted by Crippen LogP contribution is 2.14. The molecule has 0 saturated carbocycles. The van der Waals surface area contributed by atoms with Crippen LogP contribution in [0.2, 0.25) is 0 Å². The van der Waals surface area contributed by atoms with Crippen LogP contribution in [0, 0.1) is 0 Å². The SMILES string of the molecule is O=C1CN(CCn2ccc(=O)c3cc(Br)cnc32)CCN1. The lowest BCUT2D eigenvalue weighted by molar-refractivity contribution is -0.124. The van der Waals surface area contributed by atoms with Crippen LogP contribution >= 0.6 is 15.9 Å². The molecule has 1 fully saturated rings. The number of nitrogens with zero attached hydrogens (tertiary/aromatic N) is 3. The Balaban J connectivity index is 1.82. The zero-order valence-electron chi connectivity index (χ0n) is 11.4. The first-order chi connectivity index (χ1) is 10.1. The van der Waals surface area contributed by atoms with Gasteiger partial charge in [-0.2, -0.15) is 0 Å². The van der Waals surface area contributed by atoms with Crippen LogP contribution in [0.15, 0.2) is 33.8 Å². The molecule has 1 aliphatic rings. The van der Waals surface area contributed by atoms with Gasteiger partial charge in [0.15, 0.2) is 5.43 Å². The van der Waals surface area contributed by atoms with Crippen LogP contribution in [0.5, 0.6) is 0 Å². The van der Waals surface area contributed by atoms with Crippen molar-refractivity contribution in [3.63, 3.8) is 0 Å². The monoisotopic (exact) mass is 350 g/mol. The lowest BCUT2D eigenvalue weighted by atomic mass is 10.2. The average Bonchev–Trinajstić information content (AvgIpc) is 2.47. The molecular formula is C14H15BrN4O2. The standard InChI is InChI=1S/C14H15BrN4O2/c15-10-7-11-12(20)1-3-19(14(11)17-8-10)6-5-18-4-2-16-13(21)9-18/h1,3,7-8H,2,4-6,9H2,(H,16,21). The highest BCUT2D eigenvalue weighted by atomic mass is 79.9. The summed E-state index contributed by atoms with van der Waals surface area (Å²) in [5, 5.41) is 3.41. The summed E-state index contributed by atoms with van der Waals surface area (Å²) in [6, 6.07) is 3.34. The molecule has 3 heterocycles. The largest absolute Gasteiger partial charge is 0.354 e. The first-order valence-electron chi connectivity index (χ1n) is 6.77. The molecule has 0 unspecified atom stereocenters. The molecule has 1 aliphatic heterocycles. The van der Waals surface area contributed by atoms with Gasteiger partial charge < -0.3 is 9.88 Å². The van der Waals surface area contributed by atoms with Crippen LogP contribution in [-0.4, -0.2) is 46.5 Å². The zero-order chi connectivity index (χ0) is 14.8. The van der Waals surface area contributed by atoms with Gasteiger partial charge in [0.2, 0.25) is 5.91 Å². The van der Waals surface area contributed by atoms with Crippen LogP contribution in [-0.2, 0) is 11.3 Å². The summed E-state index contributed by atoms with van der Waals surface area (Å²) in [5.74, 6) is 0.0630. The van der Waals surface area contributed by atoms with E-state index in [0.717, 1.165) is 17.6 Å². The van der Waals surface area contributed by atoms with Gasteiger partial charge in [0.05, 0.1) is 11.9 Å². The predicted octanol–water partition coefficient (Wildman–Crippen LogP) is 0.591. The number of amides is 1. The van der Waals surface area contributed by atoms with Crippen LogP contribution in [0.3, 0.4) is 0 Å². The van der Waals surface area contributed by atoms with E-state index >= 15 is 0 Å². The molecule has 7 heteroatoms. The molecule has 2 aromatic rings. The van der Waals surface area contributed by atoms with Gasteiger partial charge >= 0.3 is 0 Å². The molecule has 1 saturated heterocycles. The van der Waals surface area contributed by atoms with Crippen molar-refractivity contribution in [1.82, 2.24) is 19.8 Å².